The number of phenols is 1. The number of carbonyl (C=O) groups is 1. The number of aromatic nitrogens is 1. The molecule has 0 saturated heterocycles. The molecule has 1 aromatic carbocycles. The molecule has 29 heavy (non-hydrogen) atoms. The van der Waals surface area contributed by atoms with Gasteiger partial charge in [0, 0.05) is 36.7 Å². The van der Waals surface area contributed by atoms with E-state index in [9.17, 15) is 9.90 Å². The minimum absolute atomic E-state index is 0. The number of nitrogens with zero attached hydrogens (tertiary/aromatic N) is 1. The van der Waals surface area contributed by atoms with E-state index < -0.39 is 0 Å². The lowest BCUT2D eigenvalue weighted by Gasteiger charge is -2.17. The van der Waals surface area contributed by atoms with Gasteiger partial charge in [-0.1, -0.05) is 11.6 Å². The average Bonchev–Trinajstić information content (AvgIpc) is 2.70. The van der Waals surface area contributed by atoms with E-state index in [1.165, 1.54) is 26.4 Å². The molecule has 0 unspecified atom stereocenters. The number of rotatable bonds is 9. The Hall–Kier alpha value is -2.83. The van der Waals surface area contributed by atoms with Gasteiger partial charge in [-0.2, -0.15) is 0 Å². The second-order valence-corrected chi connectivity index (χ2v) is 6.29. The fourth-order valence-corrected chi connectivity index (χ4v) is 2.56. The van der Waals surface area contributed by atoms with Gasteiger partial charge in [-0.25, -0.2) is 0 Å². The first kappa shape index (κ1) is 24.2. The van der Waals surface area contributed by atoms with Gasteiger partial charge in [0.15, 0.2) is 12.6 Å². The summed E-state index contributed by atoms with van der Waals surface area (Å²) in [5.41, 5.74) is 2.78. The van der Waals surface area contributed by atoms with E-state index >= 15 is 0 Å². The van der Waals surface area contributed by atoms with E-state index in [2.05, 4.69) is 4.98 Å². The average molecular weight is 420 g/mol. The molecule has 0 aliphatic heterocycles. The van der Waals surface area contributed by atoms with Crippen molar-refractivity contribution >= 4 is 24.3 Å². The molecule has 7 heteroatoms. The Morgan fingerprint density at radius 2 is 1.90 bits per heavy atom. The number of pyridine rings is 1. The third-order valence-electron chi connectivity index (χ3n) is 3.98. The van der Waals surface area contributed by atoms with Gasteiger partial charge in [-0.3, -0.25) is 9.78 Å². The molecule has 0 atom stereocenters. The SMILES string of the molecule is COCOc1c(/C=C/C(=O)c2ccncc2)c(OC)cc(O)c1CC=C(C)C.Cl. The molecule has 0 radical (unpaired) electrons. The lowest BCUT2D eigenvalue weighted by Crippen LogP contribution is -2.05. The standard InChI is InChI=1S/C22H25NO5.ClH/c1-15(2)5-6-17-20(25)13-21(27-4)18(22(17)28-14-26-3)7-8-19(24)16-9-11-23-12-10-16;/h5,7-13,25H,6,14H2,1-4H3;1H/b8-7+;. The minimum atomic E-state index is -0.180. The van der Waals surface area contributed by atoms with Gasteiger partial charge < -0.3 is 19.3 Å². The number of ketones is 1. The Bertz CT molecular complexity index is 875. The largest absolute Gasteiger partial charge is 0.507 e. The fourth-order valence-electron chi connectivity index (χ4n) is 2.56. The van der Waals surface area contributed by atoms with Crippen LogP contribution in [0, 0.1) is 0 Å². The van der Waals surface area contributed by atoms with Crippen molar-refractivity contribution in [3.05, 3.63) is 65.0 Å². The summed E-state index contributed by atoms with van der Waals surface area (Å²) in [7, 11) is 3.00. The number of allylic oxidation sites excluding steroid dienone is 3. The number of benzene rings is 1. The quantitative estimate of drug-likeness (QED) is 0.277. The second-order valence-electron chi connectivity index (χ2n) is 6.29. The number of hydrogen-bond acceptors (Lipinski definition) is 6. The van der Waals surface area contributed by atoms with Crippen LogP contribution < -0.4 is 9.47 Å². The highest BCUT2D eigenvalue weighted by atomic mass is 35.5. The molecule has 2 aromatic rings. The fraction of sp³-hybridized carbons (Fsp3) is 0.273. The maximum atomic E-state index is 12.4. The van der Waals surface area contributed by atoms with E-state index in [4.69, 9.17) is 14.2 Å². The normalized spacial score (nSPS) is 10.3. The maximum absolute atomic E-state index is 12.4. The first-order chi connectivity index (χ1) is 13.5. The van der Waals surface area contributed by atoms with E-state index in [1.54, 1.807) is 30.6 Å². The summed E-state index contributed by atoms with van der Waals surface area (Å²) >= 11 is 0. The van der Waals surface area contributed by atoms with Crippen molar-refractivity contribution in [1.29, 1.82) is 0 Å². The summed E-state index contributed by atoms with van der Waals surface area (Å²) in [6.45, 7) is 3.95. The van der Waals surface area contributed by atoms with Crippen molar-refractivity contribution in [3.63, 3.8) is 0 Å². The Labute approximate surface area is 177 Å². The van der Waals surface area contributed by atoms with E-state index in [1.807, 2.05) is 19.9 Å². The maximum Gasteiger partial charge on any atom is 0.188 e. The first-order valence-corrected chi connectivity index (χ1v) is 8.78. The van der Waals surface area contributed by atoms with Crippen LogP contribution in [0.5, 0.6) is 17.2 Å². The predicted molar refractivity (Wildman–Crippen MR) is 115 cm³/mol. The number of aromatic hydroxyl groups is 1. The summed E-state index contributed by atoms with van der Waals surface area (Å²) in [6, 6.07) is 4.80. The number of halogens is 1. The molecule has 1 N–H and O–H groups in total. The molecule has 0 aliphatic rings. The van der Waals surface area contributed by atoms with Gasteiger partial charge in [0.25, 0.3) is 0 Å². The molecular weight excluding hydrogens is 394 g/mol. The monoisotopic (exact) mass is 419 g/mol. The van der Waals surface area contributed by atoms with Gasteiger partial charge in [0.05, 0.1) is 12.7 Å². The van der Waals surface area contributed by atoms with Crippen LogP contribution in [-0.2, 0) is 11.2 Å². The molecule has 0 fully saturated rings. The minimum Gasteiger partial charge on any atom is -0.507 e. The van der Waals surface area contributed by atoms with Crippen LogP contribution in [0.1, 0.15) is 35.3 Å². The highest BCUT2D eigenvalue weighted by Crippen LogP contribution is 2.40. The number of ether oxygens (including phenoxy) is 3. The molecule has 1 heterocycles. The predicted octanol–water partition coefficient (Wildman–Crippen LogP) is 4.61. The Morgan fingerprint density at radius 3 is 2.48 bits per heavy atom. The third-order valence-corrected chi connectivity index (χ3v) is 3.98. The molecule has 2 rings (SSSR count). The summed E-state index contributed by atoms with van der Waals surface area (Å²) in [6.07, 6.45) is 8.64. The van der Waals surface area contributed by atoms with Crippen LogP contribution in [0.3, 0.4) is 0 Å². The molecule has 0 spiro atoms. The highest BCUT2D eigenvalue weighted by molar-refractivity contribution is 6.07. The molecule has 156 valence electrons. The highest BCUT2D eigenvalue weighted by Gasteiger charge is 2.18. The third kappa shape index (κ3) is 6.62. The summed E-state index contributed by atoms with van der Waals surface area (Å²) in [5, 5.41) is 10.5. The van der Waals surface area contributed by atoms with Crippen LogP contribution >= 0.6 is 12.4 Å². The van der Waals surface area contributed by atoms with Crippen molar-refractivity contribution in [1.82, 2.24) is 4.98 Å². The van der Waals surface area contributed by atoms with Crippen LogP contribution in [0.4, 0.5) is 0 Å². The molecule has 0 aliphatic carbocycles. The first-order valence-electron chi connectivity index (χ1n) is 8.78. The number of methoxy groups -OCH3 is 2. The van der Waals surface area contributed by atoms with Crippen LogP contribution in [-0.4, -0.2) is 36.9 Å². The van der Waals surface area contributed by atoms with E-state index in [0.717, 1.165) is 5.57 Å². The van der Waals surface area contributed by atoms with E-state index in [0.29, 0.717) is 34.6 Å². The van der Waals surface area contributed by atoms with Crippen LogP contribution in [0.25, 0.3) is 6.08 Å². The van der Waals surface area contributed by atoms with Crippen molar-refractivity contribution in [2.75, 3.05) is 21.0 Å². The molecule has 0 amide bonds. The molecule has 6 nitrogen and oxygen atoms in total. The summed E-state index contributed by atoms with van der Waals surface area (Å²) < 4.78 is 16.2. The van der Waals surface area contributed by atoms with Gasteiger partial charge in [-0.15, -0.1) is 12.4 Å². The van der Waals surface area contributed by atoms with Crippen molar-refractivity contribution in [3.8, 4) is 17.2 Å². The Balaban J connectivity index is 0.00000420. The van der Waals surface area contributed by atoms with Gasteiger partial charge in [0.2, 0.25) is 0 Å². The number of carbonyl (C=O) groups excluding carboxylic acids is 1. The topological polar surface area (TPSA) is 77.9 Å². The Kier molecular flexibility index (Phi) is 9.92. The van der Waals surface area contributed by atoms with Crippen molar-refractivity contribution in [2.45, 2.75) is 20.3 Å². The lowest BCUT2D eigenvalue weighted by molar-refractivity contribution is 0.0500. The summed E-state index contributed by atoms with van der Waals surface area (Å²) in [5.74, 6) is 0.678. The van der Waals surface area contributed by atoms with Crippen molar-refractivity contribution < 1.29 is 24.1 Å². The van der Waals surface area contributed by atoms with Crippen LogP contribution in [0.15, 0.2) is 48.3 Å². The number of phenolic OH excluding ortho intramolecular Hbond substituents is 1. The zero-order chi connectivity index (χ0) is 20.5. The van der Waals surface area contributed by atoms with E-state index in [-0.39, 0.29) is 30.7 Å². The zero-order valence-corrected chi connectivity index (χ0v) is 17.8. The van der Waals surface area contributed by atoms with Crippen molar-refractivity contribution in [2.24, 2.45) is 0 Å². The zero-order valence-electron chi connectivity index (χ0n) is 17.0. The molecule has 0 bridgehead atoms. The molecule has 0 saturated carbocycles. The molecular formula is C22H26ClNO5. The Morgan fingerprint density at radius 1 is 1.21 bits per heavy atom. The smallest absolute Gasteiger partial charge is 0.188 e. The van der Waals surface area contributed by atoms with Gasteiger partial charge in [0.1, 0.15) is 17.2 Å². The number of hydrogen-bond donors (Lipinski definition) is 1. The van der Waals surface area contributed by atoms with Gasteiger partial charge in [-0.05, 0) is 44.6 Å². The molecule has 1 aromatic heterocycles. The second kappa shape index (κ2) is 11.9. The lowest BCUT2D eigenvalue weighted by atomic mass is 10.0. The van der Waals surface area contributed by atoms with Gasteiger partial charge >= 0.3 is 0 Å². The summed E-state index contributed by atoms with van der Waals surface area (Å²) in [4.78, 5) is 16.3. The van der Waals surface area contributed by atoms with Crippen LogP contribution in [0.2, 0.25) is 0 Å².